The van der Waals surface area contributed by atoms with E-state index < -0.39 is 0 Å². The van der Waals surface area contributed by atoms with Crippen molar-refractivity contribution in [2.75, 3.05) is 0 Å². The minimum absolute atomic E-state index is 0.525. The molecule has 0 fully saturated rings. The van der Waals surface area contributed by atoms with Crippen LogP contribution in [0.1, 0.15) is 43.9 Å². The van der Waals surface area contributed by atoms with Gasteiger partial charge in [0.1, 0.15) is 5.82 Å². The Bertz CT molecular complexity index is 272. The molecule has 0 saturated carbocycles. The molecular weight excluding hydrogens is 148 g/mol. The average molecular weight is 166 g/mol. The third-order valence-electron chi connectivity index (χ3n) is 2.32. The molecule has 0 saturated heterocycles. The van der Waals surface area contributed by atoms with Crippen molar-refractivity contribution in [1.29, 1.82) is 0 Å². The molecule has 1 aromatic heterocycles. The van der Waals surface area contributed by atoms with Crippen molar-refractivity contribution in [3.8, 4) is 0 Å². The van der Waals surface area contributed by atoms with Gasteiger partial charge in [-0.25, -0.2) is 4.98 Å². The van der Waals surface area contributed by atoms with Crippen molar-refractivity contribution in [2.24, 2.45) is 0 Å². The Morgan fingerprint density at radius 3 is 2.25 bits per heavy atom. The highest BCUT2D eigenvalue weighted by atomic mass is 15.1. The topological polar surface area (TPSA) is 17.8 Å². The first-order chi connectivity index (χ1) is 5.57. The highest BCUT2D eigenvalue weighted by Crippen LogP contribution is 2.17. The Balaban J connectivity index is 3.20. The molecule has 0 aliphatic rings. The molecule has 1 heterocycles. The minimum Gasteiger partial charge on any atom is -0.332 e. The van der Waals surface area contributed by atoms with Crippen molar-refractivity contribution in [3.05, 3.63) is 17.2 Å². The van der Waals surface area contributed by atoms with Gasteiger partial charge in [-0.15, -0.1) is 0 Å². The number of rotatable bonds is 2. The molecule has 0 aliphatic heterocycles. The Morgan fingerprint density at radius 2 is 1.92 bits per heavy atom. The maximum absolute atomic E-state index is 4.54. The second-order valence-electron chi connectivity index (χ2n) is 3.54. The zero-order valence-electron chi connectivity index (χ0n) is 8.68. The lowest BCUT2D eigenvalue weighted by atomic mass is 10.2. The molecule has 0 atom stereocenters. The third kappa shape index (κ3) is 1.38. The first kappa shape index (κ1) is 9.30. The predicted molar refractivity (Wildman–Crippen MR) is 51.5 cm³/mol. The van der Waals surface area contributed by atoms with Gasteiger partial charge in [0, 0.05) is 18.2 Å². The van der Waals surface area contributed by atoms with Crippen molar-refractivity contribution in [2.45, 2.75) is 47.1 Å². The zero-order valence-corrected chi connectivity index (χ0v) is 8.68. The van der Waals surface area contributed by atoms with E-state index in [1.54, 1.807) is 0 Å². The molecule has 2 nitrogen and oxygen atoms in total. The summed E-state index contributed by atoms with van der Waals surface area (Å²) in [6, 6.07) is 0. The van der Waals surface area contributed by atoms with E-state index in [4.69, 9.17) is 0 Å². The van der Waals surface area contributed by atoms with Crippen LogP contribution in [-0.4, -0.2) is 9.55 Å². The summed E-state index contributed by atoms with van der Waals surface area (Å²) in [4.78, 5) is 4.54. The van der Waals surface area contributed by atoms with Crippen LogP contribution in [0.25, 0.3) is 0 Å². The van der Waals surface area contributed by atoms with Crippen LogP contribution in [0.5, 0.6) is 0 Å². The predicted octanol–water partition coefficient (Wildman–Crippen LogP) is 2.64. The molecule has 0 spiro atoms. The lowest BCUT2D eigenvalue weighted by Crippen LogP contribution is -2.04. The smallest absolute Gasteiger partial charge is 0.111 e. The van der Waals surface area contributed by atoms with E-state index >= 15 is 0 Å². The summed E-state index contributed by atoms with van der Waals surface area (Å²) in [5.74, 6) is 1.74. The van der Waals surface area contributed by atoms with Crippen LogP contribution < -0.4 is 0 Å². The molecule has 0 N–H and O–H groups in total. The van der Waals surface area contributed by atoms with Crippen molar-refractivity contribution < 1.29 is 0 Å². The van der Waals surface area contributed by atoms with Gasteiger partial charge in [-0.05, 0) is 20.8 Å². The van der Waals surface area contributed by atoms with E-state index in [1.807, 2.05) is 0 Å². The van der Waals surface area contributed by atoms with Crippen LogP contribution >= 0.6 is 0 Å². The maximum atomic E-state index is 4.54. The number of nitrogens with zero attached hydrogens (tertiary/aromatic N) is 2. The molecule has 12 heavy (non-hydrogen) atoms. The Labute approximate surface area is 74.6 Å². The maximum Gasteiger partial charge on any atom is 0.111 e. The number of aromatic nitrogens is 2. The molecule has 1 aromatic rings. The van der Waals surface area contributed by atoms with Gasteiger partial charge >= 0.3 is 0 Å². The van der Waals surface area contributed by atoms with E-state index in [9.17, 15) is 0 Å². The van der Waals surface area contributed by atoms with Crippen LogP contribution in [0.3, 0.4) is 0 Å². The molecular formula is C10H18N2. The minimum atomic E-state index is 0.525. The summed E-state index contributed by atoms with van der Waals surface area (Å²) in [6.07, 6.45) is 0. The molecule has 1 rings (SSSR count). The zero-order chi connectivity index (χ0) is 9.30. The van der Waals surface area contributed by atoms with Crippen LogP contribution in [0, 0.1) is 13.8 Å². The van der Waals surface area contributed by atoms with Crippen LogP contribution in [0.2, 0.25) is 0 Å². The van der Waals surface area contributed by atoms with E-state index in [0.29, 0.717) is 5.92 Å². The fourth-order valence-electron chi connectivity index (χ4n) is 1.52. The van der Waals surface area contributed by atoms with Gasteiger partial charge in [-0.3, -0.25) is 0 Å². The number of hydrogen-bond acceptors (Lipinski definition) is 1. The Kier molecular flexibility index (Phi) is 2.55. The first-order valence-corrected chi connectivity index (χ1v) is 4.61. The van der Waals surface area contributed by atoms with E-state index in [2.05, 4.69) is 44.2 Å². The van der Waals surface area contributed by atoms with Crippen LogP contribution in [0.4, 0.5) is 0 Å². The second-order valence-corrected chi connectivity index (χ2v) is 3.54. The van der Waals surface area contributed by atoms with Gasteiger partial charge in [-0.2, -0.15) is 0 Å². The Hall–Kier alpha value is -0.790. The summed E-state index contributed by atoms with van der Waals surface area (Å²) < 4.78 is 2.29. The van der Waals surface area contributed by atoms with E-state index in [1.165, 1.54) is 17.2 Å². The molecule has 0 aromatic carbocycles. The largest absolute Gasteiger partial charge is 0.332 e. The van der Waals surface area contributed by atoms with Gasteiger partial charge < -0.3 is 4.57 Å². The van der Waals surface area contributed by atoms with Gasteiger partial charge in [0.25, 0.3) is 0 Å². The quantitative estimate of drug-likeness (QED) is 0.660. The molecule has 0 radical (unpaired) electrons. The molecule has 68 valence electrons. The van der Waals surface area contributed by atoms with Crippen molar-refractivity contribution in [3.63, 3.8) is 0 Å². The molecule has 0 bridgehead atoms. The lowest BCUT2D eigenvalue weighted by molar-refractivity contribution is 0.640. The summed E-state index contributed by atoms with van der Waals surface area (Å²) >= 11 is 0. The highest BCUT2D eigenvalue weighted by Gasteiger charge is 2.11. The number of hydrogen-bond donors (Lipinski definition) is 0. The molecule has 2 heteroatoms. The van der Waals surface area contributed by atoms with Gasteiger partial charge in [-0.1, -0.05) is 13.8 Å². The van der Waals surface area contributed by atoms with Gasteiger partial charge in [0.2, 0.25) is 0 Å². The summed E-state index contributed by atoms with van der Waals surface area (Å²) in [5.41, 5.74) is 2.47. The van der Waals surface area contributed by atoms with Crippen LogP contribution in [0.15, 0.2) is 0 Å². The van der Waals surface area contributed by atoms with E-state index in [-0.39, 0.29) is 0 Å². The summed E-state index contributed by atoms with van der Waals surface area (Å²) in [6.45, 7) is 11.8. The molecule has 0 unspecified atom stereocenters. The van der Waals surface area contributed by atoms with Crippen LogP contribution in [-0.2, 0) is 6.54 Å². The number of imidazole rings is 1. The Morgan fingerprint density at radius 1 is 1.33 bits per heavy atom. The summed E-state index contributed by atoms with van der Waals surface area (Å²) in [7, 11) is 0. The molecule has 0 aliphatic carbocycles. The standard InChI is InChI=1S/C10H18N2/c1-6-12-9(5)8(4)11-10(12)7(2)3/h7H,6H2,1-5H3. The fraction of sp³-hybridized carbons (Fsp3) is 0.700. The summed E-state index contributed by atoms with van der Waals surface area (Å²) in [5, 5.41) is 0. The fourth-order valence-corrected chi connectivity index (χ4v) is 1.52. The third-order valence-corrected chi connectivity index (χ3v) is 2.32. The normalized spacial score (nSPS) is 11.2. The van der Waals surface area contributed by atoms with Gasteiger partial charge in [0.15, 0.2) is 0 Å². The average Bonchev–Trinajstić information content (AvgIpc) is 2.29. The number of aryl methyl sites for hydroxylation is 1. The highest BCUT2D eigenvalue weighted by molar-refractivity contribution is 5.15. The van der Waals surface area contributed by atoms with Crippen molar-refractivity contribution in [1.82, 2.24) is 9.55 Å². The molecule has 0 amide bonds. The first-order valence-electron chi connectivity index (χ1n) is 4.61. The second kappa shape index (κ2) is 3.30. The van der Waals surface area contributed by atoms with Crippen molar-refractivity contribution >= 4 is 0 Å². The van der Waals surface area contributed by atoms with E-state index in [0.717, 1.165) is 6.54 Å². The lowest BCUT2D eigenvalue weighted by Gasteiger charge is -2.08. The van der Waals surface area contributed by atoms with Gasteiger partial charge in [0.05, 0.1) is 5.69 Å². The SMILES string of the molecule is CCn1c(C(C)C)nc(C)c1C. The monoisotopic (exact) mass is 166 g/mol.